The Kier molecular flexibility index (Phi) is 3.23. The number of benzene rings is 2. The van der Waals surface area contributed by atoms with Gasteiger partial charge in [0.05, 0.1) is 11.0 Å². The summed E-state index contributed by atoms with van der Waals surface area (Å²) >= 11 is 0. The van der Waals surface area contributed by atoms with Crippen molar-refractivity contribution in [3.8, 4) is 0 Å². The molecule has 0 saturated carbocycles. The molecular weight excluding hydrogens is 284 g/mol. The third kappa shape index (κ3) is 2.59. The van der Waals surface area contributed by atoms with Gasteiger partial charge in [0.2, 0.25) is 5.91 Å². The SMILES string of the molecule is NC(=O)c1ccc(NC(=O)c2ccc3[nH]c(=O)[nH]c3c2)cc1. The molecule has 1 heterocycles. The highest BCUT2D eigenvalue weighted by Gasteiger charge is 2.09. The Hall–Kier alpha value is -3.35. The van der Waals surface area contributed by atoms with Crippen LogP contribution in [0.5, 0.6) is 0 Å². The van der Waals surface area contributed by atoms with Crippen LogP contribution in [0.2, 0.25) is 0 Å². The van der Waals surface area contributed by atoms with E-state index in [1.54, 1.807) is 30.3 Å². The van der Waals surface area contributed by atoms with Gasteiger partial charge in [-0.1, -0.05) is 0 Å². The molecule has 7 nitrogen and oxygen atoms in total. The zero-order valence-electron chi connectivity index (χ0n) is 11.3. The number of carbonyl (C=O) groups is 2. The predicted molar refractivity (Wildman–Crippen MR) is 81.8 cm³/mol. The fourth-order valence-electron chi connectivity index (χ4n) is 2.09. The summed E-state index contributed by atoms with van der Waals surface area (Å²) in [6.45, 7) is 0. The summed E-state index contributed by atoms with van der Waals surface area (Å²) in [4.78, 5) is 39.6. The Morgan fingerprint density at radius 3 is 2.23 bits per heavy atom. The third-order valence-corrected chi connectivity index (χ3v) is 3.21. The number of imidazole rings is 1. The number of aromatic amines is 2. The highest BCUT2D eigenvalue weighted by atomic mass is 16.2. The summed E-state index contributed by atoms with van der Waals surface area (Å²) in [5.74, 6) is -0.851. The topological polar surface area (TPSA) is 121 Å². The summed E-state index contributed by atoms with van der Waals surface area (Å²) in [6, 6.07) is 11.1. The lowest BCUT2D eigenvalue weighted by atomic mass is 10.1. The maximum absolute atomic E-state index is 12.2. The van der Waals surface area contributed by atoms with Gasteiger partial charge in [0.1, 0.15) is 0 Å². The van der Waals surface area contributed by atoms with Crippen LogP contribution in [-0.4, -0.2) is 21.8 Å². The molecule has 2 amide bonds. The fraction of sp³-hybridized carbons (Fsp3) is 0. The average molecular weight is 296 g/mol. The number of H-pyrrole nitrogens is 2. The van der Waals surface area contributed by atoms with E-state index in [1.807, 2.05) is 0 Å². The van der Waals surface area contributed by atoms with Crippen molar-refractivity contribution in [2.45, 2.75) is 0 Å². The fourth-order valence-corrected chi connectivity index (χ4v) is 2.09. The van der Waals surface area contributed by atoms with E-state index in [0.717, 1.165) is 0 Å². The van der Waals surface area contributed by atoms with E-state index in [1.165, 1.54) is 12.1 Å². The lowest BCUT2D eigenvalue weighted by Gasteiger charge is -2.06. The molecule has 0 fully saturated rings. The van der Waals surface area contributed by atoms with Crippen LogP contribution in [0.25, 0.3) is 11.0 Å². The van der Waals surface area contributed by atoms with Crippen molar-refractivity contribution in [2.24, 2.45) is 5.73 Å². The Morgan fingerprint density at radius 2 is 1.55 bits per heavy atom. The van der Waals surface area contributed by atoms with Gasteiger partial charge in [-0.3, -0.25) is 9.59 Å². The predicted octanol–water partition coefficient (Wildman–Crippen LogP) is 1.21. The second-order valence-electron chi connectivity index (χ2n) is 4.74. The van der Waals surface area contributed by atoms with E-state index in [4.69, 9.17) is 5.73 Å². The van der Waals surface area contributed by atoms with Crippen LogP contribution >= 0.6 is 0 Å². The molecule has 0 aliphatic carbocycles. The van der Waals surface area contributed by atoms with Crippen molar-refractivity contribution in [2.75, 3.05) is 5.32 Å². The van der Waals surface area contributed by atoms with Crippen LogP contribution in [0.4, 0.5) is 5.69 Å². The zero-order valence-corrected chi connectivity index (χ0v) is 11.3. The molecule has 0 atom stereocenters. The van der Waals surface area contributed by atoms with Crippen molar-refractivity contribution in [3.05, 3.63) is 64.1 Å². The minimum Gasteiger partial charge on any atom is -0.366 e. The first-order chi connectivity index (χ1) is 10.5. The Balaban J connectivity index is 1.83. The quantitative estimate of drug-likeness (QED) is 0.581. The van der Waals surface area contributed by atoms with Gasteiger partial charge in [-0.05, 0) is 42.5 Å². The van der Waals surface area contributed by atoms with Crippen molar-refractivity contribution in [1.29, 1.82) is 0 Å². The van der Waals surface area contributed by atoms with Crippen LogP contribution in [0, 0.1) is 0 Å². The summed E-state index contributed by atoms with van der Waals surface area (Å²) in [5, 5.41) is 2.70. The monoisotopic (exact) mass is 296 g/mol. The molecule has 2 aromatic carbocycles. The lowest BCUT2D eigenvalue weighted by Crippen LogP contribution is -2.13. The molecule has 0 spiro atoms. The third-order valence-electron chi connectivity index (χ3n) is 3.21. The minimum atomic E-state index is -0.528. The molecule has 3 rings (SSSR count). The summed E-state index contributed by atoms with van der Waals surface area (Å²) in [7, 11) is 0. The lowest BCUT2D eigenvalue weighted by molar-refractivity contribution is 0.0998. The molecule has 0 unspecified atom stereocenters. The number of amides is 2. The van der Waals surface area contributed by atoms with Gasteiger partial charge in [0.25, 0.3) is 5.91 Å². The van der Waals surface area contributed by atoms with Gasteiger partial charge < -0.3 is 21.0 Å². The van der Waals surface area contributed by atoms with E-state index >= 15 is 0 Å². The normalized spacial score (nSPS) is 10.5. The van der Waals surface area contributed by atoms with E-state index in [9.17, 15) is 14.4 Å². The molecule has 5 N–H and O–H groups in total. The average Bonchev–Trinajstić information content (AvgIpc) is 2.86. The van der Waals surface area contributed by atoms with Gasteiger partial charge in [0.15, 0.2) is 0 Å². The van der Waals surface area contributed by atoms with Crippen LogP contribution in [0.3, 0.4) is 0 Å². The number of primary amides is 1. The number of hydrogen-bond donors (Lipinski definition) is 4. The molecule has 0 saturated heterocycles. The van der Waals surface area contributed by atoms with E-state index in [2.05, 4.69) is 15.3 Å². The minimum absolute atomic E-state index is 0.323. The number of carbonyl (C=O) groups excluding carboxylic acids is 2. The molecule has 22 heavy (non-hydrogen) atoms. The van der Waals surface area contributed by atoms with E-state index in [-0.39, 0.29) is 11.6 Å². The smallest absolute Gasteiger partial charge is 0.323 e. The molecule has 1 aromatic heterocycles. The number of hydrogen-bond acceptors (Lipinski definition) is 3. The molecule has 110 valence electrons. The largest absolute Gasteiger partial charge is 0.366 e. The van der Waals surface area contributed by atoms with Crippen molar-refractivity contribution in [3.63, 3.8) is 0 Å². The van der Waals surface area contributed by atoms with Gasteiger partial charge >= 0.3 is 5.69 Å². The van der Waals surface area contributed by atoms with E-state index in [0.29, 0.717) is 27.8 Å². The summed E-state index contributed by atoms with van der Waals surface area (Å²) < 4.78 is 0. The summed E-state index contributed by atoms with van der Waals surface area (Å²) in [6.07, 6.45) is 0. The molecule has 7 heteroatoms. The first kappa shape index (κ1) is 13.6. The van der Waals surface area contributed by atoms with Gasteiger partial charge in [-0.25, -0.2) is 4.79 Å². The van der Waals surface area contributed by atoms with Crippen LogP contribution < -0.4 is 16.7 Å². The first-order valence-electron chi connectivity index (χ1n) is 6.46. The molecule has 0 aliphatic heterocycles. The Bertz CT molecular complexity index is 922. The molecule has 0 radical (unpaired) electrons. The van der Waals surface area contributed by atoms with Crippen molar-refractivity contribution in [1.82, 2.24) is 9.97 Å². The number of rotatable bonds is 3. The maximum atomic E-state index is 12.2. The maximum Gasteiger partial charge on any atom is 0.323 e. The Labute approximate surface area is 124 Å². The summed E-state index contributed by atoms with van der Waals surface area (Å²) in [5.41, 5.74) is 7.33. The number of nitrogens with two attached hydrogens (primary N) is 1. The molecule has 3 aromatic rings. The zero-order chi connectivity index (χ0) is 15.7. The van der Waals surface area contributed by atoms with Crippen molar-refractivity contribution < 1.29 is 9.59 Å². The Morgan fingerprint density at radius 1 is 0.909 bits per heavy atom. The molecule has 0 bridgehead atoms. The van der Waals surface area contributed by atoms with Crippen LogP contribution in [0.15, 0.2) is 47.3 Å². The standard InChI is InChI=1S/C15H12N4O3/c16-13(20)8-1-4-10(5-2-8)17-14(21)9-3-6-11-12(7-9)19-15(22)18-11/h1-7H,(H2,16,20)(H,17,21)(H2,18,19,22). The van der Waals surface area contributed by atoms with Gasteiger partial charge in [0, 0.05) is 16.8 Å². The second-order valence-corrected chi connectivity index (χ2v) is 4.74. The number of nitrogens with one attached hydrogen (secondary N) is 3. The first-order valence-corrected chi connectivity index (χ1v) is 6.46. The van der Waals surface area contributed by atoms with E-state index < -0.39 is 5.91 Å². The highest BCUT2D eigenvalue weighted by Crippen LogP contribution is 2.14. The molecular formula is C15H12N4O3. The van der Waals surface area contributed by atoms with Crippen LogP contribution in [0.1, 0.15) is 20.7 Å². The van der Waals surface area contributed by atoms with Crippen LogP contribution in [-0.2, 0) is 0 Å². The molecule has 0 aliphatic rings. The highest BCUT2D eigenvalue weighted by molar-refractivity contribution is 6.06. The van der Waals surface area contributed by atoms with Gasteiger partial charge in [-0.2, -0.15) is 0 Å². The van der Waals surface area contributed by atoms with Gasteiger partial charge in [-0.15, -0.1) is 0 Å². The number of fused-ring (bicyclic) bond motifs is 1. The van der Waals surface area contributed by atoms with Crippen molar-refractivity contribution >= 4 is 28.5 Å². The number of aromatic nitrogens is 2. The second kappa shape index (κ2) is 5.21. The number of anilines is 1.